The quantitative estimate of drug-likeness (QED) is 0.711. The second-order valence-corrected chi connectivity index (χ2v) is 6.04. The van der Waals surface area contributed by atoms with Gasteiger partial charge >= 0.3 is 12.1 Å². The van der Waals surface area contributed by atoms with E-state index in [-0.39, 0.29) is 25.2 Å². The van der Waals surface area contributed by atoms with E-state index in [2.05, 4.69) is 0 Å². The molecule has 2 amide bonds. The average molecular weight is 378 g/mol. The Labute approximate surface area is 156 Å². The number of benzene rings is 1. The summed E-state index contributed by atoms with van der Waals surface area (Å²) >= 11 is 0. The second kappa shape index (κ2) is 8.61. The second-order valence-electron chi connectivity index (χ2n) is 6.04. The monoisotopic (exact) mass is 378 g/mol. The number of para-hydroxylation sites is 2. The molecular formula is C18H22N2O7. The molecule has 2 aliphatic heterocycles. The van der Waals surface area contributed by atoms with Gasteiger partial charge in [0.1, 0.15) is 6.61 Å². The van der Waals surface area contributed by atoms with Gasteiger partial charge in [0, 0.05) is 26.2 Å². The van der Waals surface area contributed by atoms with E-state index in [9.17, 15) is 14.4 Å². The van der Waals surface area contributed by atoms with Gasteiger partial charge in [0.25, 0.3) is 5.91 Å². The number of fused-ring (bicyclic) bond motifs is 1. The highest BCUT2D eigenvalue weighted by Crippen LogP contribution is 2.31. The molecule has 0 aliphatic carbocycles. The molecule has 0 bridgehead atoms. The van der Waals surface area contributed by atoms with Crippen LogP contribution in [0.25, 0.3) is 0 Å². The third-order valence-corrected chi connectivity index (χ3v) is 4.27. The number of nitrogens with zero attached hydrogens (tertiary/aromatic N) is 2. The molecule has 1 saturated heterocycles. The molecule has 1 aromatic rings. The zero-order valence-corrected chi connectivity index (χ0v) is 15.1. The summed E-state index contributed by atoms with van der Waals surface area (Å²) in [5, 5.41) is 0. The zero-order valence-electron chi connectivity index (χ0n) is 15.1. The van der Waals surface area contributed by atoms with Crippen molar-refractivity contribution in [3.05, 3.63) is 24.3 Å². The summed E-state index contributed by atoms with van der Waals surface area (Å²) in [4.78, 5) is 39.1. The molecule has 9 nitrogen and oxygen atoms in total. The molecule has 1 aromatic carbocycles. The number of hydrogen-bond acceptors (Lipinski definition) is 7. The van der Waals surface area contributed by atoms with Gasteiger partial charge in [-0.2, -0.15) is 0 Å². The molecule has 27 heavy (non-hydrogen) atoms. The van der Waals surface area contributed by atoms with Crippen LogP contribution in [0.4, 0.5) is 4.79 Å². The van der Waals surface area contributed by atoms with E-state index in [4.69, 9.17) is 18.9 Å². The molecule has 0 spiro atoms. The van der Waals surface area contributed by atoms with E-state index in [0.717, 1.165) is 0 Å². The summed E-state index contributed by atoms with van der Waals surface area (Å²) in [6.07, 6.45) is -1.29. The van der Waals surface area contributed by atoms with Crippen LogP contribution in [0, 0.1) is 0 Å². The molecule has 1 fully saturated rings. The predicted octanol–water partition coefficient (Wildman–Crippen LogP) is 0.670. The van der Waals surface area contributed by atoms with Crippen molar-refractivity contribution in [2.24, 2.45) is 0 Å². The molecule has 0 unspecified atom stereocenters. The molecule has 0 saturated carbocycles. The van der Waals surface area contributed by atoms with Crippen molar-refractivity contribution in [3.63, 3.8) is 0 Å². The van der Waals surface area contributed by atoms with Crippen molar-refractivity contribution in [2.75, 3.05) is 46.0 Å². The number of ether oxygens (including phenoxy) is 4. The number of carbonyl (C=O) groups is 3. The van der Waals surface area contributed by atoms with Gasteiger partial charge < -0.3 is 28.7 Å². The van der Waals surface area contributed by atoms with Crippen molar-refractivity contribution in [1.82, 2.24) is 9.80 Å². The lowest BCUT2D eigenvalue weighted by Gasteiger charge is -2.34. The van der Waals surface area contributed by atoms with Crippen LogP contribution in [-0.4, -0.2) is 79.9 Å². The fraction of sp³-hybridized carbons (Fsp3) is 0.500. The van der Waals surface area contributed by atoms with Crippen LogP contribution in [0.5, 0.6) is 11.5 Å². The minimum absolute atomic E-state index is 0.0300. The van der Waals surface area contributed by atoms with E-state index in [1.54, 1.807) is 41.0 Å². The van der Waals surface area contributed by atoms with Crippen molar-refractivity contribution >= 4 is 18.0 Å². The van der Waals surface area contributed by atoms with Gasteiger partial charge in [0.05, 0.1) is 6.61 Å². The molecule has 9 heteroatoms. The van der Waals surface area contributed by atoms with Crippen LogP contribution in [0.3, 0.4) is 0 Å². The molecule has 1 atom stereocenters. The first-order chi connectivity index (χ1) is 13.1. The zero-order chi connectivity index (χ0) is 19.2. The molecule has 2 aliphatic rings. The predicted molar refractivity (Wildman–Crippen MR) is 92.5 cm³/mol. The Morgan fingerprint density at radius 3 is 2.41 bits per heavy atom. The van der Waals surface area contributed by atoms with Crippen LogP contribution in [0.2, 0.25) is 0 Å². The Hall–Kier alpha value is -2.97. The SMILES string of the molecule is CCOC(=O)N1CCN(C(=O)COC(=O)[C@@H]2COc3ccccc3O2)CC1. The first-order valence-electron chi connectivity index (χ1n) is 8.83. The van der Waals surface area contributed by atoms with E-state index in [1.807, 2.05) is 0 Å². The summed E-state index contributed by atoms with van der Waals surface area (Å²) in [6.45, 7) is 3.21. The van der Waals surface area contributed by atoms with Crippen LogP contribution in [0.15, 0.2) is 24.3 Å². The van der Waals surface area contributed by atoms with Gasteiger partial charge in [-0.05, 0) is 19.1 Å². The van der Waals surface area contributed by atoms with Gasteiger partial charge in [0.15, 0.2) is 18.1 Å². The normalized spacial score (nSPS) is 18.6. The Kier molecular flexibility index (Phi) is 6.00. The Morgan fingerprint density at radius 2 is 1.70 bits per heavy atom. The maximum Gasteiger partial charge on any atom is 0.409 e. The van der Waals surface area contributed by atoms with E-state index < -0.39 is 12.1 Å². The van der Waals surface area contributed by atoms with E-state index in [0.29, 0.717) is 44.3 Å². The number of amides is 2. The highest BCUT2D eigenvalue weighted by Gasteiger charge is 2.30. The fourth-order valence-electron chi connectivity index (χ4n) is 2.81. The topological polar surface area (TPSA) is 94.6 Å². The smallest absolute Gasteiger partial charge is 0.409 e. The Bertz CT molecular complexity index is 701. The van der Waals surface area contributed by atoms with Crippen LogP contribution < -0.4 is 9.47 Å². The third-order valence-electron chi connectivity index (χ3n) is 4.27. The Balaban J connectivity index is 1.42. The summed E-state index contributed by atoms with van der Waals surface area (Å²) in [7, 11) is 0. The van der Waals surface area contributed by atoms with Gasteiger partial charge in [-0.1, -0.05) is 12.1 Å². The number of carbonyl (C=O) groups excluding carboxylic acids is 3. The maximum atomic E-state index is 12.2. The van der Waals surface area contributed by atoms with Gasteiger partial charge in [-0.25, -0.2) is 9.59 Å². The maximum absolute atomic E-state index is 12.2. The van der Waals surface area contributed by atoms with Crippen LogP contribution >= 0.6 is 0 Å². The number of esters is 1. The third kappa shape index (κ3) is 4.60. The molecule has 2 heterocycles. The van der Waals surface area contributed by atoms with E-state index >= 15 is 0 Å². The Morgan fingerprint density at radius 1 is 1.04 bits per heavy atom. The molecule has 146 valence electrons. The summed E-state index contributed by atoms with van der Waals surface area (Å²) < 4.78 is 21.0. The number of hydrogen-bond donors (Lipinski definition) is 0. The largest absolute Gasteiger partial charge is 0.485 e. The molecular weight excluding hydrogens is 356 g/mol. The average Bonchev–Trinajstić information content (AvgIpc) is 2.71. The lowest BCUT2D eigenvalue weighted by Crippen LogP contribution is -2.51. The summed E-state index contributed by atoms with van der Waals surface area (Å²) in [5.41, 5.74) is 0. The number of piperazine rings is 1. The molecule has 0 aromatic heterocycles. The lowest BCUT2D eigenvalue weighted by atomic mass is 10.2. The first-order valence-corrected chi connectivity index (χ1v) is 8.83. The van der Waals surface area contributed by atoms with Gasteiger partial charge in [-0.15, -0.1) is 0 Å². The van der Waals surface area contributed by atoms with E-state index in [1.165, 1.54) is 0 Å². The van der Waals surface area contributed by atoms with Crippen molar-refractivity contribution in [2.45, 2.75) is 13.0 Å². The van der Waals surface area contributed by atoms with Crippen molar-refractivity contribution in [1.29, 1.82) is 0 Å². The fourth-order valence-corrected chi connectivity index (χ4v) is 2.81. The van der Waals surface area contributed by atoms with Crippen LogP contribution in [-0.2, 0) is 19.1 Å². The molecule has 0 N–H and O–H groups in total. The standard InChI is InChI=1S/C18H22N2O7/c1-2-24-18(23)20-9-7-19(8-10-20)16(21)12-26-17(22)15-11-25-13-5-3-4-6-14(13)27-15/h3-6,15H,2,7-12H2,1H3/t15-/m0/s1. The van der Waals surface area contributed by atoms with Crippen LogP contribution in [0.1, 0.15) is 6.92 Å². The lowest BCUT2D eigenvalue weighted by molar-refractivity contribution is -0.160. The minimum atomic E-state index is -0.909. The van der Waals surface area contributed by atoms with Gasteiger partial charge in [0.2, 0.25) is 6.10 Å². The minimum Gasteiger partial charge on any atom is -0.485 e. The van der Waals surface area contributed by atoms with Gasteiger partial charge in [-0.3, -0.25) is 4.79 Å². The molecule has 3 rings (SSSR count). The first kappa shape index (κ1) is 18.8. The van der Waals surface area contributed by atoms with Crippen molar-refractivity contribution in [3.8, 4) is 11.5 Å². The number of rotatable bonds is 4. The highest BCUT2D eigenvalue weighted by molar-refractivity contribution is 5.82. The van der Waals surface area contributed by atoms with Crippen molar-refractivity contribution < 1.29 is 33.3 Å². The summed E-state index contributed by atoms with van der Waals surface area (Å²) in [6, 6.07) is 7.02. The molecule has 0 radical (unpaired) electrons. The summed E-state index contributed by atoms with van der Waals surface area (Å²) in [5.74, 6) is 0.0659. The highest BCUT2D eigenvalue weighted by atomic mass is 16.6.